The Bertz CT molecular complexity index is 1820. The Labute approximate surface area is 283 Å². The fourth-order valence-corrected chi connectivity index (χ4v) is 7.80. The summed E-state index contributed by atoms with van der Waals surface area (Å²) in [5, 5.41) is 13.3. The van der Waals surface area contributed by atoms with Crippen LogP contribution in [0.5, 0.6) is 0 Å². The topological polar surface area (TPSA) is 203 Å². The molecule has 2 aliphatic heterocycles. The second kappa shape index (κ2) is 13.7. The molecule has 2 aliphatic rings. The van der Waals surface area contributed by atoms with Crippen molar-refractivity contribution in [3.8, 4) is 31.2 Å². The van der Waals surface area contributed by atoms with Crippen LogP contribution in [0.1, 0.15) is 63.3 Å². The number of hydrogen-bond donors (Lipinski definition) is 4. The minimum atomic E-state index is -1.15. The van der Waals surface area contributed by atoms with Crippen molar-refractivity contribution in [1.82, 2.24) is 49.9 Å². The van der Waals surface area contributed by atoms with Gasteiger partial charge in [-0.1, -0.05) is 0 Å². The van der Waals surface area contributed by atoms with E-state index in [0.29, 0.717) is 24.7 Å². The number of nitrogens with zero attached hydrogens (tertiary/aromatic N) is 7. The first kappa shape index (κ1) is 33.1. The van der Waals surface area contributed by atoms with Gasteiger partial charge in [0, 0.05) is 32.5 Å². The van der Waals surface area contributed by atoms with Crippen molar-refractivity contribution >= 4 is 46.7 Å². The third-order valence-corrected chi connectivity index (χ3v) is 11.0. The number of alkyl carbamates (subject to hydrolysis) is 1. The monoisotopic (exact) mass is 696 g/mol. The van der Waals surface area contributed by atoms with E-state index in [0.717, 1.165) is 61.7 Å². The van der Waals surface area contributed by atoms with Crippen LogP contribution in [0.25, 0.3) is 31.2 Å². The first-order chi connectivity index (χ1) is 23.0. The lowest BCUT2D eigenvalue weighted by molar-refractivity contribution is -0.136. The third kappa shape index (κ3) is 6.49. The van der Waals surface area contributed by atoms with Crippen LogP contribution in [-0.2, 0) is 14.3 Å². The van der Waals surface area contributed by atoms with E-state index in [4.69, 9.17) is 0 Å². The maximum Gasteiger partial charge on any atom is 0.407 e. The van der Waals surface area contributed by atoms with Gasteiger partial charge in [0.2, 0.25) is 11.8 Å². The highest BCUT2D eigenvalue weighted by Crippen LogP contribution is 2.38. The summed E-state index contributed by atoms with van der Waals surface area (Å²) < 4.78 is 4.62. The van der Waals surface area contributed by atoms with Crippen molar-refractivity contribution in [3.63, 3.8) is 0 Å². The van der Waals surface area contributed by atoms with Crippen LogP contribution >= 0.6 is 22.7 Å². The van der Waals surface area contributed by atoms with E-state index < -0.39 is 24.3 Å². The van der Waals surface area contributed by atoms with Crippen molar-refractivity contribution in [2.45, 2.75) is 63.7 Å². The molecule has 0 radical (unpaired) electrons. The molecule has 4 atom stereocenters. The summed E-state index contributed by atoms with van der Waals surface area (Å²) in [6.07, 6.45) is 8.29. The van der Waals surface area contributed by atoms with Crippen molar-refractivity contribution in [2.24, 2.45) is 0 Å². The summed E-state index contributed by atoms with van der Waals surface area (Å²) in [6.45, 7) is 4.34. The summed E-state index contributed by atoms with van der Waals surface area (Å²) in [6, 6.07) is -2.02. The molecule has 0 bridgehead atoms. The van der Waals surface area contributed by atoms with Crippen LogP contribution in [-0.4, -0.2) is 113 Å². The van der Waals surface area contributed by atoms with Crippen molar-refractivity contribution in [2.75, 3.05) is 27.2 Å². The van der Waals surface area contributed by atoms with Gasteiger partial charge in [0.1, 0.15) is 23.7 Å². The number of likely N-dealkylation sites (tertiary alicyclic amines) is 2. The number of likely N-dealkylation sites (N-methyl/N-ethyl adjacent to an activating group) is 1. The van der Waals surface area contributed by atoms with Gasteiger partial charge in [0.05, 0.1) is 52.7 Å². The molecule has 18 heteroatoms. The summed E-state index contributed by atoms with van der Waals surface area (Å²) in [7, 11) is 2.65. The van der Waals surface area contributed by atoms with Crippen LogP contribution in [0, 0.1) is 0 Å². The number of imidazole rings is 2. The molecule has 6 heterocycles. The molecular weight excluding hydrogens is 661 g/mol. The van der Waals surface area contributed by atoms with Crippen molar-refractivity contribution in [1.29, 1.82) is 0 Å². The van der Waals surface area contributed by atoms with Crippen LogP contribution in [0.2, 0.25) is 0 Å². The zero-order valence-corrected chi connectivity index (χ0v) is 28.4. The number of carboxylic acid groups (broad SMARTS) is 1. The highest BCUT2D eigenvalue weighted by Gasteiger charge is 2.37. The van der Waals surface area contributed by atoms with E-state index in [1.165, 1.54) is 36.8 Å². The second-order valence-corrected chi connectivity index (χ2v) is 13.8. The number of thiazole rings is 2. The second-order valence-electron chi connectivity index (χ2n) is 11.7. The van der Waals surface area contributed by atoms with E-state index in [9.17, 15) is 24.3 Å². The predicted molar refractivity (Wildman–Crippen MR) is 176 cm³/mol. The lowest BCUT2D eigenvalue weighted by Crippen LogP contribution is -2.47. The molecule has 2 saturated heterocycles. The van der Waals surface area contributed by atoms with Crippen LogP contribution in [0.4, 0.5) is 9.59 Å². The highest BCUT2D eigenvalue weighted by molar-refractivity contribution is 7.24. The number of ether oxygens (including phenoxy) is 1. The summed E-state index contributed by atoms with van der Waals surface area (Å²) in [4.78, 5) is 80.4. The van der Waals surface area contributed by atoms with Crippen molar-refractivity contribution in [3.05, 3.63) is 36.4 Å². The first-order valence-electron chi connectivity index (χ1n) is 15.5. The number of carbonyl (C=O) groups is 4. The Hall–Kier alpha value is -4.84. The van der Waals surface area contributed by atoms with Gasteiger partial charge >= 0.3 is 12.2 Å². The number of H-pyrrole nitrogens is 2. The van der Waals surface area contributed by atoms with Gasteiger partial charge in [-0.25, -0.2) is 29.5 Å². The Balaban J connectivity index is 1.12. The molecule has 0 spiro atoms. The molecular formula is C30H36N10O6S2. The standard InChI is InChI=1S/C30H36N10O6S2/c1-15(35-29(43)46-4)27(41)39-9-5-7-19(39)23-31-11-17(36-23)21-13-33-25(47-21)26-34-14-22(48-26)18-12-32-24(37-18)20-8-6-10-40(20)28(42)16(2)38(3)30(44)45/h11-16,19-20H,5-10H2,1-4H3,(H,31,36)(H,32,37)(H,35,43)(H,44,45)/t15-,16-,19-,20-/m0/s1. The average molecular weight is 697 g/mol. The molecule has 16 nitrogen and oxygen atoms in total. The summed E-state index contributed by atoms with van der Waals surface area (Å²) in [5.74, 6) is 0.880. The summed E-state index contributed by atoms with van der Waals surface area (Å²) >= 11 is 2.93. The minimum Gasteiger partial charge on any atom is -0.465 e. The number of methoxy groups -OCH3 is 1. The minimum absolute atomic E-state index is 0.197. The molecule has 0 saturated carbocycles. The Kier molecular flexibility index (Phi) is 9.45. The zero-order chi connectivity index (χ0) is 34.1. The number of amides is 4. The number of rotatable bonds is 9. The molecule has 48 heavy (non-hydrogen) atoms. The van der Waals surface area contributed by atoms with Gasteiger partial charge in [-0.15, -0.1) is 22.7 Å². The SMILES string of the molecule is COC(=O)N[C@@H](C)C(=O)N1CCC[C@H]1c1ncc(-c2cnc(-c3ncc(-c4cnc([C@@H]5CCCN5C(=O)[C@H](C)N(C)C(=O)O)[nH]4)s3)s2)[nH]1. The molecule has 0 aliphatic carbocycles. The van der Waals surface area contributed by atoms with Gasteiger partial charge in [-0.2, -0.15) is 0 Å². The molecule has 2 fully saturated rings. The lowest BCUT2D eigenvalue weighted by Gasteiger charge is -2.29. The third-order valence-electron chi connectivity index (χ3n) is 8.75. The normalized spacial score (nSPS) is 18.9. The fraction of sp³-hybridized carbons (Fsp3) is 0.467. The quantitative estimate of drug-likeness (QED) is 0.197. The number of aromatic nitrogens is 6. The molecule has 0 unspecified atom stereocenters. The van der Waals surface area contributed by atoms with Gasteiger partial charge in [0.25, 0.3) is 0 Å². The van der Waals surface area contributed by atoms with Crippen molar-refractivity contribution < 1.29 is 29.0 Å². The molecule has 254 valence electrons. The van der Waals surface area contributed by atoms with E-state index in [1.54, 1.807) is 48.4 Å². The maximum absolute atomic E-state index is 13.1. The van der Waals surface area contributed by atoms with E-state index in [1.807, 2.05) is 0 Å². The van der Waals surface area contributed by atoms with Gasteiger partial charge < -0.3 is 34.9 Å². The van der Waals surface area contributed by atoms with E-state index in [-0.39, 0.29) is 23.9 Å². The highest BCUT2D eigenvalue weighted by atomic mass is 32.1. The number of aromatic amines is 2. The van der Waals surface area contributed by atoms with Gasteiger partial charge in [0.15, 0.2) is 10.0 Å². The first-order valence-corrected chi connectivity index (χ1v) is 17.1. The summed E-state index contributed by atoms with van der Waals surface area (Å²) in [5.41, 5.74) is 1.55. The molecule has 0 aromatic carbocycles. The van der Waals surface area contributed by atoms with Gasteiger partial charge in [-0.3, -0.25) is 14.5 Å². The molecule has 4 aromatic rings. The number of carbonyl (C=O) groups excluding carboxylic acids is 3. The fourth-order valence-electron chi connectivity index (χ4n) is 6.00. The number of hydrogen-bond acceptors (Lipinski definition) is 11. The van der Waals surface area contributed by atoms with Crippen LogP contribution in [0.15, 0.2) is 24.8 Å². The zero-order valence-electron chi connectivity index (χ0n) is 26.8. The lowest BCUT2D eigenvalue weighted by atomic mass is 10.2. The molecule has 4 aromatic heterocycles. The van der Waals surface area contributed by atoms with E-state index >= 15 is 0 Å². The van der Waals surface area contributed by atoms with Gasteiger partial charge in [-0.05, 0) is 39.5 Å². The predicted octanol–water partition coefficient (Wildman–Crippen LogP) is 4.12. The smallest absolute Gasteiger partial charge is 0.407 e. The van der Waals surface area contributed by atoms with Crippen LogP contribution in [0.3, 0.4) is 0 Å². The van der Waals surface area contributed by atoms with Crippen LogP contribution < -0.4 is 5.32 Å². The largest absolute Gasteiger partial charge is 0.465 e. The Morgan fingerprint density at radius 2 is 1.38 bits per heavy atom. The maximum atomic E-state index is 13.1. The molecule has 4 amide bonds. The molecule has 4 N–H and O–H groups in total. The average Bonchev–Trinajstić information content (AvgIpc) is 3.92. The Morgan fingerprint density at radius 1 is 0.875 bits per heavy atom. The Morgan fingerprint density at radius 3 is 1.85 bits per heavy atom. The molecule has 6 rings (SSSR count). The number of nitrogens with one attached hydrogen (secondary N) is 3. The van der Waals surface area contributed by atoms with E-state index in [2.05, 4.69) is 40.0 Å².